The molecule has 5 heteroatoms. The molecule has 1 aromatic carbocycles. The molecule has 1 heterocycles. The Morgan fingerprint density at radius 1 is 1.25 bits per heavy atom. The van der Waals surface area contributed by atoms with Gasteiger partial charge in [0, 0.05) is 24.7 Å². The van der Waals surface area contributed by atoms with Crippen molar-refractivity contribution in [2.45, 2.75) is 26.7 Å². The number of nitrogens with zero attached hydrogens (tertiary/aromatic N) is 1. The lowest BCUT2D eigenvalue weighted by Crippen LogP contribution is -2.43. The first-order valence-corrected chi connectivity index (χ1v) is 7.30. The second-order valence-electron chi connectivity index (χ2n) is 5.47. The van der Waals surface area contributed by atoms with E-state index in [9.17, 15) is 4.79 Å². The van der Waals surface area contributed by atoms with Gasteiger partial charge in [-0.3, -0.25) is 4.79 Å². The van der Waals surface area contributed by atoms with Crippen molar-refractivity contribution in [3.05, 3.63) is 29.3 Å². The van der Waals surface area contributed by atoms with E-state index in [2.05, 4.69) is 42.3 Å². The number of aryl methyl sites for hydroxylation is 2. The molecule has 2 rings (SSSR count). The standard InChI is InChI=1S/C15H21N3OS/c1-10-7-11(2)9-13(8-10)17-15(20)18-5-3-12(4-6-18)14(16)19/h7-9,12H,3-6H2,1-2H3,(H2,16,19)(H,17,20). The number of piperidine rings is 1. The quantitative estimate of drug-likeness (QED) is 0.820. The van der Waals surface area contributed by atoms with E-state index in [1.807, 2.05) is 0 Å². The Balaban J connectivity index is 1.94. The molecule has 1 aliphatic rings. The molecule has 0 atom stereocenters. The number of carbonyl (C=O) groups is 1. The first-order chi connectivity index (χ1) is 9.45. The third-order valence-corrected chi connectivity index (χ3v) is 4.02. The molecule has 0 saturated carbocycles. The molecule has 1 amide bonds. The number of primary amides is 1. The number of hydrogen-bond donors (Lipinski definition) is 2. The lowest BCUT2D eigenvalue weighted by molar-refractivity contribution is -0.122. The summed E-state index contributed by atoms with van der Waals surface area (Å²) in [5.41, 5.74) is 8.78. The molecule has 0 aliphatic carbocycles. The van der Waals surface area contributed by atoms with E-state index in [1.165, 1.54) is 11.1 Å². The fraction of sp³-hybridized carbons (Fsp3) is 0.467. The zero-order valence-corrected chi connectivity index (χ0v) is 12.8. The third kappa shape index (κ3) is 3.70. The van der Waals surface area contributed by atoms with Crippen LogP contribution in [-0.2, 0) is 4.79 Å². The maximum absolute atomic E-state index is 11.2. The number of likely N-dealkylation sites (tertiary alicyclic amines) is 1. The lowest BCUT2D eigenvalue weighted by Gasteiger charge is -2.32. The number of rotatable bonds is 2. The molecule has 1 fully saturated rings. The number of amides is 1. The smallest absolute Gasteiger partial charge is 0.220 e. The van der Waals surface area contributed by atoms with Crippen molar-refractivity contribution in [3.63, 3.8) is 0 Å². The van der Waals surface area contributed by atoms with E-state index < -0.39 is 0 Å². The van der Waals surface area contributed by atoms with Crippen LogP contribution in [0.25, 0.3) is 0 Å². The Bertz CT molecular complexity index is 502. The molecule has 0 bridgehead atoms. The van der Waals surface area contributed by atoms with Crippen LogP contribution in [0.5, 0.6) is 0 Å². The highest BCUT2D eigenvalue weighted by Gasteiger charge is 2.24. The summed E-state index contributed by atoms with van der Waals surface area (Å²) in [5.74, 6) is -0.201. The molecule has 0 radical (unpaired) electrons. The average molecular weight is 291 g/mol. The average Bonchev–Trinajstić information content (AvgIpc) is 2.37. The van der Waals surface area contributed by atoms with Crippen LogP contribution in [0, 0.1) is 19.8 Å². The summed E-state index contributed by atoms with van der Waals surface area (Å²) in [4.78, 5) is 13.3. The lowest BCUT2D eigenvalue weighted by atomic mass is 9.97. The molecule has 3 N–H and O–H groups in total. The number of nitrogens with one attached hydrogen (secondary N) is 1. The highest BCUT2D eigenvalue weighted by Crippen LogP contribution is 2.19. The summed E-state index contributed by atoms with van der Waals surface area (Å²) in [6.07, 6.45) is 1.56. The van der Waals surface area contributed by atoms with Crippen LogP contribution in [0.3, 0.4) is 0 Å². The molecular formula is C15H21N3OS. The maximum Gasteiger partial charge on any atom is 0.220 e. The van der Waals surface area contributed by atoms with Gasteiger partial charge < -0.3 is 16.0 Å². The first-order valence-electron chi connectivity index (χ1n) is 6.89. The minimum absolute atomic E-state index is 0.00439. The normalized spacial score (nSPS) is 16.0. The van der Waals surface area contributed by atoms with Crippen molar-refractivity contribution < 1.29 is 4.79 Å². The molecule has 1 aliphatic heterocycles. The van der Waals surface area contributed by atoms with E-state index in [4.69, 9.17) is 18.0 Å². The van der Waals surface area contributed by atoms with Gasteiger partial charge in [0.05, 0.1) is 0 Å². The van der Waals surface area contributed by atoms with Gasteiger partial charge in [-0.2, -0.15) is 0 Å². The molecule has 0 spiro atoms. The summed E-state index contributed by atoms with van der Waals surface area (Å²) in [6, 6.07) is 6.29. The molecule has 1 aromatic rings. The number of carbonyl (C=O) groups excluding carboxylic acids is 1. The summed E-state index contributed by atoms with van der Waals surface area (Å²) in [7, 11) is 0. The van der Waals surface area contributed by atoms with Crippen LogP contribution in [0.15, 0.2) is 18.2 Å². The summed E-state index contributed by atoms with van der Waals surface area (Å²) >= 11 is 5.45. The summed E-state index contributed by atoms with van der Waals surface area (Å²) in [6.45, 7) is 5.70. The summed E-state index contributed by atoms with van der Waals surface area (Å²) in [5, 5.41) is 4.00. The highest BCUT2D eigenvalue weighted by atomic mass is 32.1. The SMILES string of the molecule is Cc1cc(C)cc(NC(=S)N2CCC(C(N)=O)CC2)c1. The van der Waals surface area contributed by atoms with Gasteiger partial charge in [-0.25, -0.2) is 0 Å². The fourth-order valence-corrected chi connectivity index (χ4v) is 2.92. The van der Waals surface area contributed by atoms with Gasteiger partial charge in [0.2, 0.25) is 5.91 Å². The molecule has 1 saturated heterocycles. The first kappa shape index (κ1) is 14.8. The van der Waals surface area contributed by atoms with Gasteiger partial charge in [0.1, 0.15) is 0 Å². The van der Waals surface area contributed by atoms with Crippen molar-refractivity contribution in [2.24, 2.45) is 11.7 Å². The van der Waals surface area contributed by atoms with E-state index in [-0.39, 0.29) is 11.8 Å². The zero-order valence-electron chi connectivity index (χ0n) is 12.0. The van der Waals surface area contributed by atoms with Crippen LogP contribution in [-0.4, -0.2) is 29.0 Å². The maximum atomic E-state index is 11.2. The molecule has 108 valence electrons. The van der Waals surface area contributed by atoms with Crippen LogP contribution < -0.4 is 11.1 Å². The molecule has 0 aromatic heterocycles. The van der Waals surface area contributed by atoms with E-state index >= 15 is 0 Å². The van der Waals surface area contributed by atoms with Crippen LogP contribution in [0.1, 0.15) is 24.0 Å². The van der Waals surface area contributed by atoms with Crippen LogP contribution >= 0.6 is 12.2 Å². The van der Waals surface area contributed by atoms with E-state index in [1.54, 1.807) is 0 Å². The van der Waals surface area contributed by atoms with Crippen LogP contribution in [0.4, 0.5) is 5.69 Å². The molecule has 20 heavy (non-hydrogen) atoms. The third-order valence-electron chi connectivity index (χ3n) is 3.66. The topological polar surface area (TPSA) is 58.4 Å². The second-order valence-corrected chi connectivity index (χ2v) is 5.86. The number of thiocarbonyl (C=S) groups is 1. The predicted molar refractivity (Wildman–Crippen MR) is 85.6 cm³/mol. The van der Waals surface area contributed by atoms with Gasteiger partial charge in [0.25, 0.3) is 0 Å². The largest absolute Gasteiger partial charge is 0.369 e. The fourth-order valence-electron chi connectivity index (χ4n) is 2.62. The zero-order chi connectivity index (χ0) is 14.7. The Kier molecular flexibility index (Phi) is 4.60. The number of nitrogens with two attached hydrogens (primary N) is 1. The van der Waals surface area contributed by atoms with Gasteiger partial charge in [-0.15, -0.1) is 0 Å². The van der Waals surface area contributed by atoms with Crippen molar-refractivity contribution in [1.29, 1.82) is 0 Å². The second kappa shape index (κ2) is 6.22. The molecule has 4 nitrogen and oxygen atoms in total. The van der Waals surface area contributed by atoms with Gasteiger partial charge >= 0.3 is 0 Å². The monoisotopic (exact) mass is 291 g/mol. The van der Waals surface area contributed by atoms with E-state index in [0.717, 1.165) is 36.7 Å². The van der Waals surface area contributed by atoms with Crippen molar-refractivity contribution in [2.75, 3.05) is 18.4 Å². The van der Waals surface area contributed by atoms with Gasteiger partial charge in [0.15, 0.2) is 5.11 Å². The Morgan fingerprint density at radius 2 is 1.80 bits per heavy atom. The molecular weight excluding hydrogens is 270 g/mol. The number of hydrogen-bond acceptors (Lipinski definition) is 2. The summed E-state index contributed by atoms with van der Waals surface area (Å²) < 4.78 is 0. The molecule has 0 unspecified atom stereocenters. The van der Waals surface area contributed by atoms with Gasteiger partial charge in [-0.05, 0) is 62.2 Å². The van der Waals surface area contributed by atoms with Crippen molar-refractivity contribution >= 4 is 28.9 Å². The van der Waals surface area contributed by atoms with Crippen molar-refractivity contribution in [3.8, 4) is 0 Å². The number of benzene rings is 1. The van der Waals surface area contributed by atoms with E-state index in [0.29, 0.717) is 0 Å². The minimum atomic E-state index is -0.196. The predicted octanol–water partition coefficient (Wildman–Crippen LogP) is 2.20. The van der Waals surface area contributed by atoms with Crippen molar-refractivity contribution in [1.82, 2.24) is 4.90 Å². The minimum Gasteiger partial charge on any atom is -0.369 e. The Hall–Kier alpha value is -1.62. The van der Waals surface area contributed by atoms with Gasteiger partial charge in [-0.1, -0.05) is 6.07 Å². The highest BCUT2D eigenvalue weighted by molar-refractivity contribution is 7.80. The van der Waals surface area contributed by atoms with Crippen LogP contribution in [0.2, 0.25) is 0 Å². The Labute approximate surface area is 125 Å². The Morgan fingerprint density at radius 3 is 2.30 bits per heavy atom. The number of anilines is 1.